The van der Waals surface area contributed by atoms with Crippen LogP contribution in [0.4, 0.5) is 5.69 Å². The summed E-state index contributed by atoms with van der Waals surface area (Å²) < 4.78 is 1.17. The molecule has 1 aliphatic heterocycles. The summed E-state index contributed by atoms with van der Waals surface area (Å²) in [5.41, 5.74) is 4.03. The summed E-state index contributed by atoms with van der Waals surface area (Å²) in [5.74, 6) is 1.62. The molecule has 1 fully saturated rings. The molecule has 90 valence electrons. The molecule has 2 atom stereocenters. The number of aliphatic imine (C=N–C) groups is 1. The third-order valence-corrected chi connectivity index (χ3v) is 4.58. The minimum absolute atomic E-state index is 0.741. The van der Waals surface area contributed by atoms with Gasteiger partial charge in [0.15, 0.2) is 0 Å². The van der Waals surface area contributed by atoms with Crippen molar-refractivity contribution >= 4 is 27.3 Å². The molecule has 3 rings (SSSR count). The monoisotopic (exact) mass is 291 g/mol. The van der Waals surface area contributed by atoms with Crippen molar-refractivity contribution in [2.45, 2.75) is 39.0 Å². The molecule has 1 heterocycles. The zero-order valence-corrected chi connectivity index (χ0v) is 11.8. The van der Waals surface area contributed by atoms with Gasteiger partial charge < -0.3 is 0 Å². The molecule has 0 aromatic heterocycles. The predicted molar refractivity (Wildman–Crippen MR) is 76.1 cm³/mol. The van der Waals surface area contributed by atoms with Gasteiger partial charge in [-0.2, -0.15) is 0 Å². The smallest absolute Gasteiger partial charge is 0.0665 e. The summed E-state index contributed by atoms with van der Waals surface area (Å²) in [6, 6.07) is 6.45. The molecular weight excluding hydrogens is 274 g/mol. The first-order valence-electron chi connectivity index (χ1n) is 6.58. The minimum atomic E-state index is 0.741. The van der Waals surface area contributed by atoms with E-state index in [1.54, 1.807) is 0 Å². The van der Waals surface area contributed by atoms with E-state index >= 15 is 0 Å². The van der Waals surface area contributed by atoms with E-state index in [4.69, 9.17) is 4.99 Å². The zero-order chi connectivity index (χ0) is 11.8. The van der Waals surface area contributed by atoms with Crippen molar-refractivity contribution in [1.29, 1.82) is 0 Å². The maximum absolute atomic E-state index is 4.85. The van der Waals surface area contributed by atoms with Crippen LogP contribution in [0.1, 0.15) is 38.2 Å². The molecule has 0 amide bonds. The van der Waals surface area contributed by atoms with E-state index in [2.05, 4.69) is 41.1 Å². The van der Waals surface area contributed by atoms with Crippen LogP contribution in [0.25, 0.3) is 0 Å². The Morgan fingerprint density at radius 2 is 2.18 bits per heavy atom. The largest absolute Gasteiger partial charge is 0.257 e. The molecule has 1 nitrogen and oxygen atoms in total. The van der Waals surface area contributed by atoms with Crippen LogP contribution in [0.5, 0.6) is 0 Å². The highest BCUT2D eigenvalue weighted by molar-refractivity contribution is 9.10. The first-order chi connectivity index (χ1) is 8.22. The van der Waals surface area contributed by atoms with Gasteiger partial charge in [-0.1, -0.05) is 35.7 Å². The predicted octanol–water partition coefficient (Wildman–Crippen LogP) is 4.90. The van der Waals surface area contributed by atoms with E-state index in [1.807, 2.05) is 0 Å². The molecule has 0 radical (unpaired) electrons. The fourth-order valence-electron chi connectivity index (χ4n) is 3.17. The molecule has 2 unspecified atom stereocenters. The van der Waals surface area contributed by atoms with E-state index in [9.17, 15) is 0 Å². The molecule has 1 saturated carbocycles. The van der Waals surface area contributed by atoms with E-state index in [-0.39, 0.29) is 0 Å². The van der Waals surface area contributed by atoms with E-state index < -0.39 is 0 Å². The molecule has 0 N–H and O–H groups in total. The standard InChI is InChI=1S/C15H18BrN/c1-10-3-2-4-11(7-10)15-9-12-8-13(16)5-6-14(12)17-15/h5-6,8,10-11H,2-4,7,9H2,1H3. The lowest BCUT2D eigenvalue weighted by atomic mass is 9.79. The minimum Gasteiger partial charge on any atom is -0.257 e. The molecule has 1 aliphatic carbocycles. The van der Waals surface area contributed by atoms with Gasteiger partial charge in [0.2, 0.25) is 0 Å². The highest BCUT2D eigenvalue weighted by Crippen LogP contribution is 2.36. The zero-order valence-electron chi connectivity index (χ0n) is 10.2. The van der Waals surface area contributed by atoms with Crippen molar-refractivity contribution in [1.82, 2.24) is 0 Å². The van der Waals surface area contributed by atoms with E-state index in [0.29, 0.717) is 0 Å². The molecule has 2 heteroatoms. The van der Waals surface area contributed by atoms with Crippen molar-refractivity contribution in [3.05, 3.63) is 28.2 Å². The Bertz CT molecular complexity index is 464. The second kappa shape index (κ2) is 4.56. The Balaban J connectivity index is 1.80. The second-order valence-corrected chi connectivity index (χ2v) is 6.44. The summed E-state index contributed by atoms with van der Waals surface area (Å²) in [4.78, 5) is 4.85. The van der Waals surface area contributed by atoms with Crippen molar-refractivity contribution in [2.75, 3.05) is 0 Å². The molecule has 0 spiro atoms. The van der Waals surface area contributed by atoms with Gasteiger partial charge in [0, 0.05) is 16.6 Å². The van der Waals surface area contributed by atoms with Crippen LogP contribution in [0.2, 0.25) is 0 Å². The Morgan fingerprint density at radius 1 is 1.29 bits per heavy atom. The first kappa shape index (κ1) is 11.5. The van der Waals surface area contributed by atoms with Gasteiger partial charge in [0.05, 0.1) is 5.69 Å². The van der Waals surface area contributed by atoms with Gasteiger partial charge in [-0.3, -0.25) is 4.99 Å². The number of fused-ring (bicyclic) bond motifs is 1. The maximum Gasteiger partial charge on any atom is 0.0665 e. The molecule has 2 aliphatic rings. The topological polar surface area (TPSA) is 12.4 Å². The van der Waals surface area contributed by atoms with Crippen LogP contribution in [0.3, 0.4) is 0 Å². The van der Waals surface area contributed by atoms with E-state index in [1.165, 1.54) is 47.1 Å². The maximum atomic E-state index is 4.85. The van der Waals surface area contributed by atoms with Crippen molar-refractivity contribution in [3.8, 4) is 0 Å². The summed E-state index contributed by atoms with van der Waals surface area (Å²) in [6.07, 6.45) is 6.55. The normalized spacial score (nSPS) is 27.8. The number of nitrogens with zero attached hydrogens (tertiary/aromatic N) is 1. The fourth-order valence-corrected chi connectivity index (χ4v) is 3.58. The average Bonchev–Trinajstić information content (AvgIpc) is 2.72. The lowest BCUT2D eigenvalue weighted by molar-refractivity contribution is 0.338. The Kier molecular flexibility index (Phi) is 3.08. The summed E-state index contributed by atoms with van der Waals surface area (Å²) in [7, 11) is 0. The first-order valence-corrected chi connectivity index (χ1v) is 7.37. The van der Waals surface area contributed by atoms with Gasteiger partial charge in [-0.05, 0) is 48.4 Å². The van der Waals surface area contributed by atoms with Gasteiger partial charge in [0.25, 0.3) is 0 Å². The average molecular weight is 292 g/mol. The fraction of sp³-hybridized carbons (Fsp3) is 0.533. The number of hydrogen-bond acceptors (Lipinski definition) is 1. The quantitative estimate of drug-likeness (QED) is 0.698. The van der Waals surface area contributed by atoms with Crippen molar-refractivity contribution in [3.63, 3.8) is 0 Å². The summed E-state index contributed by atoms with van der Waals surface area (Å²) >= 11 is 3.54. The second-order valence-electron chi connectivity index (χ2n) is 5.52. The molecule has 0 bridgehead atoms. The van der Waals surface area contributed by atoms with Crippen molar-refractivity contribution < 1.29 is 0 Å². The van der Waals surface area contributed by atoms with Crippen LogP contribution in [0.15, 0.2) is 27.7 Å². The number of rotatable bonds is 1. The number of hydrogen-bond donors (Lipinski definition) is 0. The molecule has 1 aromatic carbocycles. The molecule has 0 saturated heterocycles. The van der Waals surface area contributed by atoms with Gasteiger partial charge >= 0.3 is 0 Å². The van der Waals surface area contributed by atoms with Gasteiger partial charge in [0.1, 0.15) is 0 Å². The lowest BCUT2D eigenvalue weighted by Crippen LogP contribution is -2.21. The Hall–Kier alpha value is -0.630. The molecule has 17 heavy (non-hydrogen) atoms. The van der Waals surface area contributed by atoms with Crippen LogP contribution < -0.4 is 0 Å². The van der Waals surface area contributed by atoms with Crippen LogP contribution >= 0.6 is 15.9 Å². The summed E-state index contributed by atoms with van der Waals surface area (Å²) in [6.45, 7) is 2.38. The van der Waals surface area contributed by atoms with E-state index in [0.717, 1.165) is 18.3 Å². The highest BCUT2D eigenvalue weighted by atomic mass is 79.9. The Labute approximate surface area is 111 Å². The summed E-state index contributed by atoms with van der Waals surface area (Å²) in [5, 5.41) is 0. The highest BCUT2D eigenvalue weighted by Gasteiger charge is 2.26. The molecule has 1 aromatic rings. The lowest BCUT2D eigenvalue weighted by Gasteiger charge is -2.26. The van der Waals surface area contributed by atoms with Gasteiger partial charge in [-0.25, -0.2) is 0 Å². The van der Waals surface area contributed by atoms with Gasteiger partial charge in [-0.15, -0.1) is 0 Å². The van der Waals surface area contributed by atoms with Crippen LogP contribution in [-0.4, -0.2) is 5.71 Å². The third-order valence-electron chi connectivity index (χ3n) is 4.08. The van der Waals surface area contributed by atoms with Crippen molar-refractivity contribution in [2.24, 2.45) is 16.8 Å². The SMILES string of the molecule is CC1CCCC(C2=Nc3ccc(Br)cc3C2)C1. The van der Waals surface area contributed by atoms with Crippen LogP contribution in [-0.2, 0) is 6.42 Å². The third kappa shape index (κ3) is 2.33. The Morgan fingerprint density at radius 3 is 3.00 bits per heavy atom. The van der Waals surface area contributed by atoms with Crippen LogP contribution in [0, 0.1) is 11.8 Å². The number of benzene rings is 1. The number of halogens is 1. The molecular formula is C15H18BrN.